The number of carbonyl (C=O) groups is 2. The number of para-hydroxylation sites is 1. The lowest BCUT2D eigenvalue weighted by atomic mass is 9.94. The summed E-state index contributed by atoms with van der Waals surface area (Å²) < 4.78 is 26.7. The van der Waals surface area contributed by atoms with Crippen molar-refractivity contribution in [2.45, 2.75) is 25.8 Å². The van der Waals surface area contributed by atoms with Gasteiger partial charge in [0.2, 0.25) is 5.91 Å². The second-order valence-electron chi connectivity index (χ2n) is 7.36. The molecule has 7 heteroatoms. The van der Waals surface area contributed by atoms with E-state index in [2.05, 4.69) is 5.32 Å². The van der Waals surface area contributed by atoms with Crippen molar-refractivity contribution in [2.24, 2.45) is 5.92 Å². The van der Waals surface area contributed by atoms with Gasteiger partial charge < -0.3 is 15.1 Å². The number of hydrogen-bond donors (Lipinski definition) is 1. The molecule has 1 atom stereocenters. The summed E-state index contributed by atoms with van der Waals surface area (Å²) in [5.74, 6) is -2.08. The number of urea groups is 1. The Balaban J connectivity index is 1.54. The van der Waals surface area contributed by atoms with Crippen molar-refractivity contribution < 1.29 is 18.4 Å². The summed E-state index contributed by atoms with van der Waals surface area (Å²) in [7, 11) is 1.67. The average Bonchev–Trinajstić information content (AvgIpc) is 2.75. The molecule has 1 aliphatic heterocycles. The van der Waals surface area contributed by atoms with E-state index in [1.165, 1.54) is 6.07 Å². The number of carbonyl (C=O) groups excluding carboxylic acids is 2. The zero-order chi connectivity index (χ0) is 21.0. The molecule has 0 aliphatic carbocycles. The molecule has 1 fully saturated rings. The molecular formula is C22H25F2N3O2. The van der Waals surface area contributed by atoms with Crippen LogP contribution in [0, 0.1) is 17.6 Å². The van der Waals surface area contributed by atoms with Gasteiger partial charge in [0.25, 0.3) is 0 Å². The summed E-state index contributed by atoms with van der Waals surface area (Å²) in [6, 6.07) is 12.4. The molecule has 0 unspecified atom stereocenters. The first-order valence-corrected chi connectivity index (χ1v) is 9.69. The predicted molar refractivity (Wildman–Crippen MR) is 107 cm³/mol. The van der Waals surface area contributed by atoms with Crippen LogP contribution in [0.25, 0.3) is 0 Å². The lowest BCUT2D eigenvalue weighted by Gasteiger charge is -2.35. The first-order valence-electron chi connectivity index (χ1n) is 9.69. The van der Waals surface area contributed by atoms with Crippen LogP contribution < -0.4 is 5.32 Å². The number of nitrogens with zero attached hydrogens (tertiary/aromatic N) is 2. The molecule has 2 aromatic rings. The van der Waals surface area contributed by atoms with Crippen LogP contribution in [-0.2, 0) is 4.79 Å². The molecule has 1 saturated heterocycles. The molecule has 1 N–H and O–H groups in total. The zero-order valence-corrected chi connectivity index (χ0v) is 16.6. The van der Waals surface area contributed by atoms with E-state index in [9.17, 15) is 18.4 Å². The molecule has 5 nitrogen and oxygen atoms in total. The molecule has 0 saturated carbocycles. The van der Waals surface area contributed by atoms with Gasteiger partial charge >= 0.3 is 6.03 Å². The molecule has 1 aliphatic rings. The molecule has 0 radical (unpaired) electrons. The number of benzene rings is 2. The molecular weight excluding hydrogens is 376 g/mol. The Bertz CT molecular complexity index is 868. The van der Waals surface area contributed by atoms with E-state index in [0.717, 1.165) is 17.8 Å². The van der Waals surface area contributed by atoms with Gasteiger partial charge in [-0.15, -0.1) is 0 Å². The van der Waals surface area contributed by atoms with Crippen molar-refractivity contribution in [2.75, 3.05) is 25.5 Å². The fourth-order valence-corrected chi connectivity index (χ4v) is 3.53. The third-order valence-electron chi connectivity index (χ3n) is 5.51. The summed E-state index contributed by atoms with van der Waals surface area (Å²) in [5.41, 5.74) is 1.27. The van der Waals surface area contributed by atoms with Gasteiger partial charge in [-0.3, -0.25) is 4.79 Å². The summed E-state index contributed by atoms with van der Waals surface area (Å²) in [6.45, 7) is 2.76. The number of hydrogen-bond acceptors (Lipinski definition) is 2. The number of rotatable bonds is 4. The van der Waals surface area contributed by atoms with E-state index in [0.29, 0.717) is 31.5 Å². The highest BCUT2D eigenvalue weighted by molar-refractivity contribution is 5.89. The summed E-state index contributed by atoms with van der Waals surface area (Å²) in [6.07, 6.45) is 1.13. The minimum absolute atomic E-state index is 0.0506. The Morgan fingerprint density at radius 2 is 1.72 bits per heavy atom. The van der Waals surface area contributed by atoms with Crippen LogP contribution in [0.1, 0.15) is 31.4 Å². The van der Waals surface area contributed by atoms with E-state index in [1.807, 2.05) is 30.3 Å². The highest BCUT2D eigenvalue weighted by Gasteiger charge is 2.31. The van der Waals surface area contributed by atoms with Crippen LogP contribution in [0.15, 0.2) is 48.5 Å². The Morgan fingerprint density at radius 1 is 1.07 bits per heavy atom. The first kappa shape index (κ1) is 20.8. The average molecular weight is 401 g/mol. The molecule has 0 bridgehead atoms. The van der Waals surface area contributed by atoms with E-state index < -0.39 is 11.6 Å². The van der Waals surface area contributed by atoms with Crippen molar-refractivity contribution >= 4 is 17.6 Å². The third-order valence-corrected chi connectivity index (χ3v) is 5.51. The normalized spacial score (nSPS) is 15.7. The van der Waals surface area contributed by atoms with Crippen LogP contribution in [0.2, 0.25) is 0 Å². The lowest BCUT2D eigenvalue weighted by Crippen LogP contribution is -2.45. The highest BCUT2D eigenvalue weighted by atomic mass is 19.2. The smallest absolute Gasteiger partial charge is 0.321 e. The van der Waals surface area contributed by atoms with Crippen molar-refractivity contribution in [1.29, 1.82) is 0 Å². The van der Waals surface area contributed by atoms with E-state index in [4.69, 9.17) is 0 Å². The van der Waals surface area contributed by atoms with Crippen LogP contribution in [-0.4, -0.2) is 41.9 Å². The van der Waals surface area contributed by atoms with Crippen LogP contribution in [0.3, 0.4) is 0 Å². The van der Waals surface area contributed by atoms with Gasteiger partial charge in [-0.2, -0.15) is 0 Å². The van der Waals surface area contributed by atoms with Gasteiger partial charge in [0.05, 0.1) is 6.04 Å². The maximum atomic E-state index is 13.5. The van der Waals surface area contributed by atoms with Gasteiger partial charge in [-0.05, 0) is 49.6 Å². The first-order chi connectivity index (χ1) is 13.9. The topological polar surface area (TPSA) is 52.7 Å². The quantitative estimate of drug-likeness (QED) is 0.824. The molecule has 0 spiro atoms. The number of amides is 3. The fraction of sp³-hybridized carbons (Fsp3) is 0.364. The monoisotopic (exact) mass is 401 g/mol. The number of nitrogens with one attached hydrogen (secondary N) is 1. The largest absolute Gasteiger partial charge is 0.339 e. The number of likely N-dealkylation sites (tertiary alicyclic amines) is 1. The summed E-state index contributed by atoms with van der Waals surface area (Å²) in [4.78, 5) is 28.5. The van der Waals surface area contributed by atoms with E-state index >= 15 is 0 Å². The van der Waals surface area contributed by atoms with Gasteiger partial charge in [-0.25, -0.2) is 13.6 Å². The SMILES string of the molecule is C[C@@H](c1ccc(F)c(F)c1)N(C)C(=O)C1CCN(C(=O)Nc2ccccc2)CC1. The van der Waals surface area contributed by atoms with Crippen molar-refractivity contribution in [3.05, 3.63) is 65.7 Å². The van der Waals surface area contributed by atoms with Gasteiger partial charge in [-0.1, -0.05) is 24.3 Å². The lowest BCUT2D eigenvalue weighted by molar-refractivity contribution is -0.137. The molecule has 3 amide bonds. The van der Waals surface area contributed by atoms with Crippen LogP contribution in [0.5, 0.6) is 0 Å². The minimum atomic E-state index is -0.923. The maximum Gasteiger partial charge on any atom is 0.321 e. The van der Waals surface area contributed by atoms with Gasteiger partial charge in [0, 0.05) is 31.7 Å². The number of piperidine rings is 1. The number of anilines is 1. The molecule has 2 aromatic carbocycles. The summed E-state index contributed by atoms with van der Waals surface area (Å²) >= 11 is 0. The molecule has 29 heavy (non-hydrogen) atoms. The Labute approximate surface area is 169 Å². The van der Waals surface area contributed by atoms with Crippen LogP contribution >= 0.6 is 0 Å². The zero-order valence-electron chi connectivity index (χ0n) is 16.6. The second-order valence-corrected chi connectivity index (χ2v) is 7.36. The molecule has 154 valence electrons. The highest BCUT2D eigenvalue weighted by Crippen LogP contribution is 2.26. The van der Waals surface area contributed by atoms with Gasteiger partial charge in [0.15, 0.2) is 11.6 Å². The molecule has 3 rings (SSSR count). The van der Waals surface area contributed by atoms with E-state index in [-0.39, 0.29) is 23.9 Å². The van der Waals surface area contributed by atoms with Crippen molar-refractivity contribution in [3.63, 3.8) is 0 Å². The second kappa shape index (κ2) is 9.03. The molecule has 1 heterocycles. The third kappa shape index (κ3) is 4.91. The number of halogens is 2. The van der Waals surface area contributed by atoms with Crippen LogP contribution in [0.4, 0.5) is 19.3 Å². The fourth-order valence-electron chi connectivity index (χ4n) is 3.53. The van der Waals surface area contributed by atoms with Crippen molar-refractivity contribution in [1.82, 2.24) is 9.80 Å². The predicted octanol–water partition coefficient (Wildman–Crippen LogP) is 4.43. The molecule has 0 aromatic heterocycles. The maximum absolute atomic E-state index is 13.5. The van der Waals surface area contributed by atoms with Gasteiger partial charge in [0.1, 0.15) is 0 Å². The summed E-state index contributed by atoms with van der Waals surface area (Å²) in [5, 5.41) is 2.85. The minimum Gasteiger partial charge on any atom is -0.339 e. The standard InChI is InChI=1S/C22H25F2N3O2/c1-15(17-8-9-19(23)20(24)14-17)26(2)21(28)16-10-12-27(13-11-16)22(29)25-18-6-4-3-5-7-18/h3-9,14-16H,10-13H2,1-2H3,(H,25,29)/t15-/m0/s1. The van der Waals surface area contributed by atoms with E-state index in [1.54, 1.807) is 23.8 Å². The Morgan fingerprint density at radius 3 is 2.34 bits per heavy atom. The Kier molecular flexibility index (Phi) is 6.46. The Hall–Kier alpha value is -2.96. The van der Waals surface area contributed by atoms with Crippen molar-refractivity contribution in [3.8, 4) is 0 Å².